The zero-order valence-electron chi connectivity index (χ0n) is 15.3. The van der Waals surface area contributed by atoms with Gasteiger partial charge in [0.2, 0.25) is 5.71 Å². The quantitative estimate of drug-likeness (QED) is 0.727. The molecule has 4 heteroatoms. The highest BCUT2D eigenvalue weighted by Gasteiger charge is 2.32. The predicted octanol–water partition coefficient (Wildman–Crippen LogP) is 4.34. The first kappa shape index (κ1) is 16.8. The SMILES string of the molecule is CC(C)(C)c1coc2nc(C(C)(C)C)n(C(C)(C)C)c(=O)c12. The Labute approximate surface area is 132 Å². The minimum Gasteiger partial charge on any atom is -0.446 e. The second-order valence-electron chi connectivity index (χ2n) is 9.08. The van der Waals surface area contributed by atoms with Crippen molar-refractivity contribution in [2.75, 3.05) is 0 Å². The molecule has 0 aromatic carbocycles. The van der Waals surface area contributed by atoms with E-state index < -0.39 is 0 Å². The van der Waals surface area contributed by atoms with E-state index in [2.05, 4.69) is 41.5 Å². The van der Waals surface area contributed by atoms with Crippen molar-refractivity contribution in [2.24, 2.45) is 0 Å². The molecule has 2 aromatic heterocycles. The monoisotopic (exact) mass is 304 g/mol. The van der Waals surface area contributed by atoms with E-state index in [1.165, 1.54) is 0 Å². The van der Waals surface area contributed by atoms with Gasteiger partial charge in [0, 0.05) is 16.5 Å². The molecule has 0 unspecified atom stereocenters. The summed E-state index contributed by atoms with van der Waals surface area (Å²) in [4.78, 5) is 17.9. The average molecular weight is 304 g/mol. The van der Waals surface area contributed by atoms with Crippen molar-refractivity contribution < 1.29 is 4.42 Å². The van der Waals surface area contributed by atoms with E-state index in [-0.39, 0.29) is 21.9 Å². The molecule has 0 aliphatic rings. The van der Waals surface area contributed by atoms with E-state index in [4.69, 9.17) is 9.40 Å². The molecule has 0 bridgehead atoms. The summed E-state index contributed by atoms with van der Waals surface area (Å²) in [5.74, 6) is 0.757. The van der Waals surface area contributed by atoms with Gasteiger partial charge in [-0.2, -0.15) is 4.98 Å². The maximum Gasteiger partial charge on any atom is 0.265 e. The van der Waals surface area contributed by atoms with Crippen LogP contribution in [0.1, 0.15) is 73.7 Å². The van der Waals surface area contributed by atoms with E-state index >= 15 is 0 Å². The van der Waals surface area contributed by atoms with Crippen LogP contribution >= 0.6 is 0 Å². The van der Waals surface area contributed by atoms with Crippen LogP contribution in [0, 0.1) is 0 Å². The van der Waals surface area contributed by atoms with Crippen molar-refractivity contribution in [2.45, 2.75) is 78.7 Å². The Kier molecular flexibility index (Phi) is 3.59. The summed E-state index contributed by atoms with van der Waals surface area (Å²) in [7, 11) is 0. The van der Waals surface area contributed by atoms with Gasteiger partial charge in [0.25, 0.3) is 5.56 Å². The minimum atomic E-state index is -0.340. The normalized spacial score (nSPS) is 13.9. The fourth-order valence-electron chi connectivity index (χ4n) is 2.67. The summed E-state index contributed by atoms with van der Waals surface area (Å²) in [6.07, 6.45) is 1.68. The number of fused-ring (bicyclic) bond motifs is 1. The maximum absolute atomic E-state index is 13.2. The largest absolute Gasteiger partial charge is 0.446 e. The van der Waals surface area contributed by atoms with Gasteiger partial charge in [-0.1, -0.05) is 41.5 Å². The standard InChI is InChI=1S/C18H28N2O2/c1-16(2,3)11-10-22-13-12(11)14(21)20(18(7,8)9)15(19-13)17(4,5)6/h10H,1-9H3. The van der Waals surface area contributed by atoms with Gasteiger partial charge in [0.15, 0.2) is 0 Å². The van der Waals surface area contributed by atoms with Gasteiger partial charge in [-0.3, -0.25) is 9.36 Å². The van der Waals surface area contributed by atoms with Gasteiger partial charge in [-0.05, 0) is 26.2 Å². The molecule has 0 amide bonds. The third-order valence-electron chi connectivity index (χ3n) is 3.76. The van der Waals surface area contributed by atoms with E-state index in [1.54, 1.807) is 6.26 Å². The fourth-order valence-corrected chi connectivity index (χ4v) is 2.67. The molecule has 0 radical (unpaired) electrons. The maximum atomic E-state index is 13.2. The van der Waals surface area contributed by atoms with E-state index in [0.29, 0.717) is 11.1 Å². The van der Waals surface area contributed by atoms with Gasteiger partial charge >= 0.3 is 0 Å². The molecule has 0 saturated carbocycles. The van der Waals surface area contributed by atoms with E-state index in [0.717, 1.165) is 11.4 Å². The second kappa shape index (κ2) is 4.71. The number of nitrogens with zero attached hydrogens (tertiary/aromatic N) is 2. The summed E-state index contributed by atoms with van der Waals surface area (Å²) < 4.78 is 7.45. The molecule has 4 nitrogen and oxygen atoms in total. The number of hydrogen-bond donors (Lipinski definition) is 0. The number of furan rings is 1. The minimum absolute atomic E-state index is 0.0129. The van der Waals surface area contributed by atoms with Crippen LogP contribution < -0.4 is 5.56 Å². The molecule has 122 valence electrons. The van der Waals surface area contributed by atoms with Crippen LogP contribution in [0.5, 0.6) is 0 Å². The first-order chi connectivity index (χ1) is 9.74. The highest BCUT2D eigenvalue weighted by atomic mass is 16.3. The smallest absolute Gasteiger partial charge is 0.265 e. The molecular weight excluding hydrogens is 276 g/mol. The molecule has 0 aliphatic heterocycles. The fraction of sp³-hybridized carbons (Fsp3) is 0.667. The second-order valence-corrected chi connectivity index (χ2v) is 9.08. The van der Waals surface area contributed by atoms with Gasteiger partial charge < -0.3 is 4.42 Å². The lowest BCUT2D eigenvalue weighted by Crippen LogP contribution is -2.41. The topological polar surface area (TPSA) is 48.0 Å². The molecule has 2 rings (SSSR count). The van der Waals surface area contributed by atoms with Crippen molar-refractivity contribution in [3.05, 3.63) is 28.0 Å². The first-order valence-corrected chi connectivity index (χ1v) is 7.80. The predicted molar refractivity (Wildman–Crippen MR) is 90.7 cm³/mol. The van der Waals surface area contributed by atoms with Gasteiger partial charge in [0.05, 0.1) is 6.26 Å². The number of aromatic nitrogens is 2. The van der Waals surface area contributed by atoms with E-state index in [1.807, 2.05) is 25.3 Å². The lowest BCUT2D eigenvalue weighted by molar-refractivity contribution is 0.336. The molecule has 0 fully saturated rings. The van der Waals surface area contributed by atoms with E-state index in [9.17, 15) is 4.79 Å². The Balaban J connectivity index is 3.01. The van der Waals surface area contributed by atoms with Crippen LogP contribution in [-0.4, -0.2) is 9.55 Å². The van der Waals surface area contributed by atoms with Crippen LogP contribution in [0.4, 0.5) is 0 Å². The molecule has 0 N–H and O–H groups in total. The Morgan fingerprint density at radius 1 is 0.955 bits per heavy atom. The van der Waals surface area contributed by atoms with Gasteiger partial charge in [-0.15, -0.1) is 0 Å². The van der Waals surface area contributed by atoms with Crippen LogP contribution in [0.2, 0.25) is 0 Å². The highest BCUT2D eigenvalue weighted by molar-refractivity contribution is 5.78. The third kappa shape index (κ3) is 2.71. The molecule has 2 aromatic rings. The molecule has 0 atom stereocenters. The van der Waals surface area contributed by atoms with Crippen LogP contribution in [0.15, 0.2) is 15.5 Å². The zero-order valence-corrected chi connectivity index (χ0v) is 15.3. The van der Waals surface area contributed by atoms with Crippen molar-refractivity contribution in [3.63, 3.8) is 0 Å². The summed E-state index contributed by atoms with van der Waals surface area (Å²) in [6, 6.07) is 0. The zero-order chi connectivity index (χ0) is 17.1. The summed E-state index contributed by atoms with van der Waals surface area (Å²) in [6.45, 7) is 18.5. The third-order valence-corrected chi connectivity index (χ3v) is 3.76. The number of hydrogen-bond acceptors (Lipinski definition) is 3. The first-order valence-electron chi connectivity index (χ1n) is 7.80. The Hall–Kier alpha value is -1.58. The molecule has 0 spiro atoms. The summed E-state index contributed by atoms with van der Waals surface area (Å²) in [5, 5.41) is 0.607. The van der Waals surface area contributed by atoms with Crippen molar-refractivity contribution >= 4 is 11.1 Å². The van der Waals surface area contributed by atoms with Crippen molar-refractivity contribution in [1.82, 2.24) is 9.55 Å². The van der Waals surface area contributed by atoms with Crippen LogP contribution in [-0.2, 0) is 16.4 Å². The summed E-state index contributed by atoms with van der Waals surface area (Å²) >= 11 is 0. The van der Waals surface area contributed by atoms with Crippen LogP contribution in [0.3, 0.4) is 0 Å². The van der Waals surface area contributed by atoms with Crippen LogP contribution in [0.25, 0.3) is 11.1 Å². The highest BCUT2D eigenvalue weighted by Crippen LogP contribution is 2.32. The Morgan fingerprint density at radius 2 is 1.50 bits per heavy atom. The van der Waals surface area contributed by atoms with Crippen molar-refractivity contribution in [3.8, 4) is 0 Å². The van der Waals surface area contributed by atoms with Crippen molar-refractivity contribution in [1.29, 1.82) is 0 Å². The summed E-state index contributed by atoms with van der Waals surface area (Å²) in [5.41, 5.74) is 0.605. The lowest BCUT2D eigenvalue weighted by atomic mass is 9.87. The molecule has 22 heavy (non-hydrogen) atoms. The lowest BCUT2D eigenvalue weighted by Gasteiger charge is -2.31. The average Bonchev–Trinajstić information content (AvgIpc) is 2.69. The molecule has 2 heterocycles. The molecular formula is C18H28N2O2. The van der Waals surface area contributed by atoms with Gasteiger partial charge in [0.1, 0.15) is 11.2 Å². The molecule has 0 saturated heterocycles. The van der Waals surface area contributed by atoms with Gasteiger partial charge in [-0.25, -0.2) is 0 Å². The number of rotatable bonds is 0. The molecule has 0 aliphatic carbocycles. The Morgan fingerprint density at radius 3 is 1.91 bits per heavy atom. The Bertz CT molecular complexity index is 760.